The standard InChI is InChI=1S/C17H20ClNO4S/c1-5-19(13-7-6-12(2)15(18)10-13)24(20,21)14-8-9-16(22-3)17(11-14)23-4/h6-11H,5H2,1-4H3. The smallest absolute Gasteiger partial charge is 0.264 e. The molecule has 5 nitrogen and oxygen atoms in total. The van der Waals surface area contributed by atoms with Gasteiger partial charge in [0.1, 0.15) is 0 Å². The van der Waals surface area contributed by atoms with Crippen molar-refractivity contribution >= 4 is 27.3 Å². The van der Waals surface area contributed by atoms with Crippen LogP contribution in [0.25, 0.3) is 0 Å². The molecule has 24 heavy (non-hydrogen) atoms. The molecule has 0 radical (unpaired) electrons. The predicted octanol–water partition coefficient (Wildman–Crippen LogP) is 3.88. The van der Waals surface area contributed by atoms with Gasteiger partial charge in [-0.2, -0.15) is 0 Å². The molecule has 0 N–H and O–H groups in total. The number of anilines is 1. The Hall–Kier alpha value is -1.92. The minimum atomic E-state index is -3.75. The number of aryl methyl sites for hydroxylation is 1. The fourth-order valence-corrected chi connectivity index (χ4v) is 3.99. The second-order valence-electron chi connectivity index (χ2n) is 5.12. The van der Waals surface area contributed by atoms with Crippen molar-refractivity contribution < 1.29 is 17.9 Å². The molecule has 0 atom stereocenters. The summed E-state index contributed by atoms with van der Waals surface area (Å²) in [6.45, 7) is 3.91. The Balaban J connectivity index is 2.52. The normalized spacial score (nSPS) is 11.2. The van der Waals surface area contributed by atoms with Crippen molar-refractivity contribution in [3.8, 4) is 11.5 Å². The molecule has 0 aliphatic rings. The van der Waals surface area contributed by atoms with Gasteiger partial charge in [0.05, 0.1) is 24.8 Å². The second-order valence-corrected chi connectivity index (χ2v) is 7.39. The van der Waals surface area contributed by atoms with E-state index < -0.39 is 10.0 Å². The zero-order valence-corrected chi connectivity index (χ0v) is 15.6. The Morgan fingerprint density at radius 1 is 1.04 bits per heavy atom. The first-order chi connectivity index (χ1) is 11.3. The molecule has 2 rings (SSSR count). The highest BCUT2D eigenvalue weighted by Gasteiger charge is 2.25. The molecule has 2 aromatic rings. The summed E-state index contributed by atoms with van der Waals surface area (Å²) in [6, 6.07) is 9.70. The number of hydrogen-bond donors (Lipinski definition) is 0. The molecule has 0 unspecified atom stereocenters. The lowest BCUT2D eigenvalue weighted by Gasteiger charge is -2.24. The fraction of sp³-hybridized carbons (Fsp3) is 0.294. The van der Waals surface area contributed by atoms with Gasteiger partial charge in [-0.3, -0.25) is 4.31 Å². The van der Waals surface area contributed by atoms with Crippen LogP contribution < -0.4 is 13.8 Å². The lowest BCUT2D eigenvalue weighted by molar-refractivity contribution is 0.354. The highest BCUT2D eigenvalue weighted by atomic mass is 35.5. The molecule has 0 saturated heterocycles. The van der Waals surface area contributed by atoms with E-state index in [-0.39, 0.29) is 11.4 Å². The Bertz CT molecular complexity index is 836. The van der Waals surface area contributed by atoms with Crippen LogP contribution in [0, 0.1) is 6.92 Å². The van der Waals surface area contributed by atoms with Crippen LogP contribution in [0.2, 0.25) is 5.02 Å². The quantitative estimate of drug-likeness (QED) is 0.775. The fourth-order valence-electron chi connectivity index (χ4n) is 2.33. The number of hydrogen-bond acceptors (Lipinski definition) is 4. The van der Waals surface area contributed by atoms with Crippen molar-refractivity contribution in [1.82, 2.24) is 0 Å². The molecule has 0 spiro atoms. The molecule has 0 saturated carbocycles. The number of ether oxygens (including phenoxy) is 2. The van der Waals surface area contributed by atoms with Gasteiger partial charge in [0.25, 0.3) is 10.0 Å². The number of rotatable bonds is 6. The summed E-state index contributed by atoms with van der Waals surface area (Å²) in [5.74, 6) is 0.828. The van der Waals surface area contributed by atoms with Gasteiger partial charge in [0.2, 0.25) is 0 Å². The Kier molecular flexibility index (Phi) is 5.62. The third-order valence-corrected chi connectivity index (χ3v) is 5.98. The Labute approximate surface area is 147 Å². The van der Waals surface area contributed by atoms with Crippen LogP contribution in [0.5, 0.6) is 11.5 Å². The molecule has 0 bridgehead atoms. The molecule has 7 heteroatoms. The third kappa shape index (κ3) is 3.44. The predicted molar refractivity (Wildman–Crippen MR) is 95.9 cm³/mol. The lowest BCUT2D eigenvalue weighted by Crippen LogP contribution is -2.30. The minimum Gasteiger partial charge on any atom is -0.493 e. The first kappa shape index (κ1) is 18.4. The molecular weight excluding hydrogens is 350 g/mol. The first-order valence-electron chi connectivity index (χ1n) is 7.36. The van der Waals surface area contributed by atoms with E-state index >= 15 is 0 Å². The van der Waals surface area contributed by atoms with Gasteiger partial charge in [-0.25, -0.2) is 8.42 Å². The molecule has 2 aromatic carbocycles. The van der Waals surface area contributed by atoms with Crippen LogP contribution in [0.4, 0.5) is 5.69 Å². The zero-order chi connectivity index (χ0) is 17.9. The van der Waals surface area contributed by atoms with Crippen LogP contribution in [0.1, 0.15) is 12.5 Å². The maximum Gasteiger partial charge on any atom is 0.264 e. The van der Waals surface area contributed by atoms with Crippen LogP contribution >= 0.6 is 11.6 Å². The summed E-state index contributed by atoms with van der Waals surface area (Å²) in [6.07, 6.45) is 0. The zero-order valence-electron chi connectivity index (χ0n) is 14.0. The molecule has 0 aromatic heterocycles. The van der Waals surface area contributed by atoms with E-state index in [1.165, 1.54) is 30.7 Å². The van der Waals surface area contributed by atoms with E-state index in [0.717, 1.165) is 5.56 Å². The van der Waals surface area contributed by atoms with E-state index in [9.17, 15) is 8.42 Å². The second kappa shape index (κ2) is 7.32. The van der Waals surface area contributed by atoms with Gasteiger partial charge < -0.3 is 9.47 Å². The van der Waals surface area contributed by atoms with Gasteiger partial charge in [-0.05, 0) is 43.7 Å². The van der Waals surface area contributed by atoms with Crippen molar-refractivity contribution in [2.45, 2.75) is 18.7 Å². The van der Waals surface area contributed by atoms with Crippen LogP contribution in [0.15, 0.2) is 41.3 Å². The summed E-state index contributed by atoms with van der Waals surface area (Å²) in [7, 11) is -0.790. The number of methoxy groups -OCH3 is 2. The summed E-state index contributed by atoms with van der Waals surface area (Å²) >= 11 is 6.14. The third-order valence-electron chi connectivity index (χ3n) is 3.67. The molecule has 0 heterocycles. The maximum absolute atomic E-state index is 13.0. The van der Waals surface area contributed by atoms with Crippen molar-refractivity contribution in [1.29, 1.82) is 0 Å². The van der Waals surface area contributed by atoms with Gasteiger partial charge in [-0.1, -0.05) is 17.7 Å². The number of sulfonamides is 1. The van der Waals surface area contributed by atoms with E-state index in [4.69, 9.17) is 21.1 Å². The molecule has 130 valence electrons. The van der Waals surface area contributed by atoms with Gasteiger partial charge in [0.15, 0.2) is 11.5 Å². The number of halogens is 1. The Morgan fingerprint density at radius 3 is 2.25 bits per heavy atom. The van der Waals surface area contributed by atoms with Gasteiger partial charge in [0, 0.05) is 17.6 Å². The summed E-state index contributed by atoms with van der Waals surface area (Å²) in [5, 5.41) is 0.522. The number of benzene rings is 2. The highest BCUT2D eigenvalue weighted by molar-refractivity contribution is 7.92. The van der Waals surface area contributed by atoms with Crippen molar-refractivity contribution in [3.63, 3.8) is 0 Å². The average molecular weight is 370 g/mol. The van der Waals surface area contributed by atoms with Crippen molar-refractivity contribution in [3.05, 3.63) is 47.0 Å². The molecule has 0 aliphatic heterocycles. The lowest BCUT2D eigenvalue weighted by atomic mass is 10.2. The largest absolute Gasteiger partial charge is 0.493 e. The van der Waals surface area contributed by atoms with E-state index in [0.29, 0.717) is 22.2 Å². The van der Waals surface area contributed by atoms with E-state index in [2.05, 4.69) is 0 Å². The SMILES string of the molecule is CCN(c1ccc(C)c(Cl)c1)S(=O)(=O)c1ccc(OC)c(OC)c1. The van der Waals surface area contributed by atoms with Crippen molar-refractivity contribution in [2.24, 2.45) is 0 Å². The maximum atomic E-state index is 13.0. The van der Waals surface area contributed by atoms with E-state index in [1.807, 2.05) is 6.92 Å². The van der Waals surface area contributed by atoms with Crippen LogP contribution in [0.3, 0.4) is 0 Å². The van der Waals surface area contributed by atoms with Gasteiger partial charge >= 0.3 is 0 Å². The monoisotopic (exact) mass is 369 g/mol. The summed E-state index contributed by atoms with van der Waals surface area (Å²) < 4.78 is 37.7. The molecular formula is C17H20ClNO4S. The van der Waals surface area contributed by atoms with E-state index in [1.54, 1.807) is 31.2 Å². The summed E-state index contributed by atoms with van der Waals surface area (Å²) in [4.78, 5) is 0.124. The minimum absolute atomic E-state index is 0.124. The Morgan fingerprint density at radius 2 is 1.71 bits per heavy atom. The topological polar surface area (TPSA) is 55.8 Å². The molecule has 0 amide bonds. The first-order valence-corrected chi connectivity index (χ1v) is 9.17. The molecule has 0 fully saturated rings. The van der Waals surface area contributed by atoms with Gasteiger partial charge in [-0.15, -0.1) is 0 Å². The highest BCUT2D eigenvalue weighted by Crippen LogP contribution is 2.33. The van der Waals surface area contributed by atoms with Crippen LogP contribution in [-0.2, 0) is 10.0 Å². The summed E-state index contributed by atoms with van der Waals surface area (Å²) in [5.41, 5.74) is 1.41. The van der Waals surface area contributed by atoms with Crippen molar-refractivity contribution in [2.75, 3.05) is 25.1 Å². The van der Waals surface area contributed by atoms with Crippen LogP contribution in [-0.4, -0.2) is 29.2 Å². The average Bonchev–Trinajstić information content (AvgIpc) is 2.57. The number of nitrogens with zero attached hydrogens (tertiary/aromatic N) is 1. The molecule has 0 aliphatic carbocycles.